The second-order valence-corrected chi connectivity index (χ2v) is 4.97. The Kier molecular flexibility index (Phi) is 3.82. The molecule has 2 rings (SSSR count). The van der Waals surface area contributed by atoms with Gasteiger partial charge >= 0.3 is 0 Å². The SMILES string of the molecule is OC(c1ccc(Br)cc1)c1ccc(Cl)cc1F. The van der Waals surface area contributed by atoms with Crippen LogP contribution < -0.4 is 0 Å². The molecule has 2 aromatic rings. The van der Waals surface area contributed by atoms with Crippen LogP contribution in [0.25, 0.3) is 0 Å². The Morgan fingerprint density at radius 2 is 1.76 bits per heavy atom. The van der Waals surface area contributed by atoms with Crippen molar-refractivity contribution in [2.24, 2.45) is 0 Å². The minimum atomic E-state index is -0.986. The van der Waals surface area contributed by atoms with Crippen LogP contribution in [-0.2, 0) is 0 Å². The molecule has 0 spiro atoms. The first-order chi connectivity index (χ1) is 8.08. The number of aliphatic hydroxyl groups excluding tert-OH is 1. The van der Waals surface area contributed by atoms with Crippen molar-refractivity contribution in [2.75, 3.05) is 0 Å². The third-order valence-corrected chi connectivity index (χ3v) is 3.21. The molecule has 0 saturated carbocycles. The van der Waals surface area contributed by atoms with Crippen LogP contribution in [0.2, 0.25) is 5.02 Å². The summed E-state index contributed by atoms with van der Waals surface area (Å²) in [6.45, 7) is 0. The van der Waals surface area contributed by atoms with E-state index in [2.05, 4.69) is 15.9 Å². The fourth-order valence-corrected chi connectivity index (χ4v) is 1.97. The van der Waals surface area contributed by atoms with Gasteiger partial charge in [0.15, 0.2) is 0 Å². The summed E-state index contributed by atoms with van der Waals surface area (Å²) in [5, 5.41) is 10.4. The molecular weight excluding hydrogens is 306 g/mol. The van der Waals surface area contributed by atoms with E-state index in [-0.39, 0.29) is 5.56 Å². The van der Waals surface area contributed by atoms with Crippen molar-refractivity contribution in [2.45, 2.75) is 6.10 Å². The van der Waals surface area contributed by atoms with Crippen LogP contribution in [0, 0.1) is 5.82 Å². The van der Waals surface area contributed by atoms with Crippen molar-refractivity contribution in [1.29, 1.82) is 0 Å². The number of hydrogen-bond acceptors (Lipinski definition) is 1. The lowest BCUT2D eigenvalue weighted by molar-refractivity contribution is 0.215. The van der Waals surface area contributed by atoms with Gasteiger partial charge in [-0.1, -0.05) is 45.7 Å². The first-order valence-corrected chi connectivity index (χ1v) is 6.13. The Morgan fingerprint density at radius 1 is 1.12 bits per heavy atom. The molecule has 1 N–H and O–H groups in total. The van der Waals surface area contributed by atoms with Gasteiger partial charge < -0.3 is 5.11 Å². The van der Waals surface area contributed by atoms with Gasteiger partial charge in [0, 0.05) is 15.1 Å². The van der Waals surface area contributed by atoms with Crippen LogP contribution in [-0.4, -0.2) is 5.11 Å². The molecule has 0 fully saturated rings. The van der Waals surface area contributed by atoms with E-state index in [1.165, 1.54) is 12.1 Å². The molecule has 0 radical (unpaired) electrons. The van der Waals surface area contributed by atoms with E-state index in [4.69, 9.17) is 11.6 Å². The first-order valence-electron chi connectivity index (χ1n) is 4.96. The lowest BCUT2D eigenvalue weighted by Gasteiger charge is -2.12. The Balaban J connectivity index is 2.36. The maximum Gasteiger partial charge on any atom is 0.130 e. The number of rotatable bonds is 2. The predicted molar refractivity (Wildman–Crippen MR) is 69.6 cm³/mol. The van der Waals surface area contributed by atoms with Crippen LogP contribution in [0.15, 0.2) is 46.9 Å². The maximum atomic E-state index is 13.6. The molecule has 0 aliphatic rings. The first kappa shape index (κ1) is 12.6. The lowest BCUT2D eigenvalue weighted by Crippen LogP contribution is -2.02. The van der Waals surface area contributed by atoms with Crippen LogP contribution in [0.4, 0.5) is 4.39 Å². The number of benzene rings is 2. The Labute approximate surface area is 112 Å². The monoisotopic (exact) mass is 314 g/mol. The highest BCUT2D eigenvalue weighted by molar-refractivity contribution is 9.10. The van der Waals surface area contributed by atoms with E-state index in [9.17, 15) is 9.50 Å². The van der Waals surface area contributed by atoms with Gasteiger partial charge in [0.1, 0.15) is 11.9 Å². The third-order valence-electron chi connectivity index (χ3n) is 2.44. The highest BCUT2D eigenvalue weighted by Crippen LogP contribution is 2.27. The zero-order chi connectivity index (χ0) is 12.4. The van der Waals surface area contributed by atoms with Crippen molar-refractivity contribution in [3.8, 4) is 0 Å². The van der Waals surface area contributed by atoms with Gasteiger partial charge in [-0.3, -0.25) is 0 Å². The summed E-state index contributed by atoms with van der Waals surface area (Å²) in [4.78, 5) is 0. The standard InChI is InChI=1S/C13H9BrClFO/c14-9-3-1-8(2-4-9)13(17)11-6-5-10(15)7-12(11)16/h1-7,13,17H. The maximum absolute atomic E-state index is 13.6. The Bertz CT molecular complexity index is 527. The normalized spacial score (nSPS) is 12.5. The van der Waals surface area contributed by atoms with E-state index in [1.807, 2.05) is 0 Å². The summed E-state index contributed by atoms with van der Waals surface area (Å²) >= 11 is 8.96. The molecule has 0 bridgehead atoms. The summed E-state index contributed by atoms with van der Waals surface area (Å²) in [6.07, 6.45) is -0.986. The van der Waals surface area contributed by atoms with Crippen LogP contribution in [0.3, 0.4) is 0 Å². The molecule has 0 aliphatic carbocycles. The van der Waals surface area contributed by atoms with Gasteiger partial charge in [0.05, 0.1) is 0 Å². The minimum absolute atomic E-state index is 0.219. The molecule has 1 atom stereocenters. The topological polar surface area (TPSA) is 20.2 Å². The average molecular weight is 316 g/mol. The van der Waals surface area contributed by atoms with Crippen LogP contribution in [0.5, 0.6) is 0 Å². The molecule has 0 amide bonds. The number of hydrogen-bond donors (Lipinski definition) is 1. The molecule has 17 heavy (non-hydrogen) atoms. The van der Waals surface area contributed by atoms with Gasteiger partial charge in [-0.2, -0.15) is 0 Å². The molecule has 0 heterocycles. The minimum Gasteiger partial charge on any atom is -0.384 e. The third kappa shape index (κ3) is 2.86. The Morgan fingerprint density at radius 3 is 2.35 bits per heavy atom. The second kappa shape index (κ2) is 5.17. The van der Waals surface area contributed by atoms with Gasteiger partial charge in [-0.15, -0.1) is 0 Å². The van der Waals surface area contributed by atoms with Gasteiger partial charge in [-0.05, 0) is 29.8 Å². The van der Waals surface area contributed by atoms with Crippen LogP contribution in [0.1, 0.15) is 17.2 Å². The largest absolute Gasteiger partial charge is 0.384 e. The van der Waals surface area contributed by atoms with Crippen molar-refractivity contribution >= 4 is 27.5 Å². The molecule has 0 saturated heterocycles. The predicted octanol–water partition coefficient (Wildman–Crippen LogP) is 4.32. The van der Waals surface area contributed by atoms with Crippen LogP contribution >= 0.6 is 27.5 Å². The molecule has 4 heteroatoms. The summed E-state index contributed by atoms with van der Waals surface area (Å²) < 4.78 is 14.5. The fraction of sp³-hybridized carbons (Fsp3) is 0.0769. The zero-order valence-electron chi connectivity index (χ0n) is 8.70. The highest BCUT2D eigenvalue weighted by Gasteiger charge is 2.14. The quantitative estimate of drug-likeness (QED) is 0.875. The molecule has 1 nitrogen and oxygen atoms in total. The molecule has 0 aromatic heterocycles. The summed E-state index contributed by atoms with van der Waals surface area (Å²) in [5.41, 5.74) is 0.853. The smallest absolute Gasteiger partial charge is 0.130 e. The highest BCUT2D eigenvalue weighted by atomic mass is 79.9. The van der Waals surface area contributed by atoms with E-state index < -0.39 is 11.9 Å². The summed E-state index contributed by atoms with van der Waals surface area (Å²) in [5.74, 6) is -0.507. The van der Waals surface area contributed by atoms with Crippen molar-refractivity contribution in [1.82, 2.24) is 0 Å². The molecule has 1 unspecified atom stereocenters. The molecule has 0 aliphatic heterocycles. The number of halogens is 3. The van der Waals surface area contributed by atoms with Crippen molar-refractivity contribution < 1.29 is 9.50 Å². The second-order valence-electron chi connectivity index (χ2n) is 3.62. The zero-order valence-corrected chi connectivity index (χ0v) is 11.0. The van der Waals surface area contributed by atoms with Gasteiger partial charge in [0.2, 0.25) is 0 Å². The lowest BCUT2D eigenvalue weighted by atomic mass is 10.0. The average Bonchev–Trinajstić information content (AvgIpc) is 2.29. The van der Waals surface area contributed by atoms with E-state index in [1.54, 1.807) is 30.3 Å². The van der Waals surface area contributed by atoms with Gasteiger partial charge in [-0.25, -0.2) is 4.39 Å². The van der Waals surface area contributed by atoms with Gasteiger partial charge in [0.25, 0.3) is 0 Å². The van der Waals surface area contributed by atoms with E-state index in [0.717, 1.165) is 4.47 Å². The van der Waals surface area contributed by atoms with Crippen molar-refractivity contribution in [3.05, 3.63) is 68.9 Å². The summed E-state index contributed by atoms with van der Waals surface area (Å²) in [6, 6.07) is 11.3. The van der Waals surface area contributed by atoms with E-state index >= 15 is 0 Å². The molecule has 2 aromatic carbocycles. The number of aliphatic hydroxyl groups is 1. The Hall–Kier alpha value is -0.900. The summed E-state index contributed by atoms with van der Waals surface area (Å²) in [7, 11) is 0. The van der Waals surface area contributed by atoms with E-state index in [0.29, 0.717) is 10.6 Å². The van der Waals surface area contributed by atoms with Crippen molar-refractivity contribution in [3.63, 3.8) is 0 Å². The fourth-order valence-electron chi connectivity index (χ4n) is 1.55. The molecular formula is C13H9BrClFO. The molecule has 88 valence electrons.